The molecule has 2 heteroatoms. The predicted octanol–water partition coefficient (Wildman–Crippen LogP) is 5.15. The smallest absolute Gasteiger partial charge is 0.158 e. The molecule has 0 aromatic carbocycles. The van der Waals surface area contributed by atoms with E-state index in [1.54, 1.807) is 6.08 Å². The summed E-state index contributed by atoms with van der Waals surface area (Å²) in [5.41, 5.74) is 0.165. The molecule has 2 unspecified atom stereocenters. The Balaban J connectivity index is 1.60. The standard InChI is InChI=1S/C23H36O2/c1-5-20(24)19-9-8-17-16-7-6-15-14-21(2,25)12-13-22(15,3)18(16)10-11-23(17,19)4/h5,15-19,25H,1,6-14H2,2-4H3/t15?,16-,17-,18-,19+,21?,22-,23-/m0/s1. The van der Waals surface area contributed by atoms with Crippen LogP contribution in [0.1, 0.15) is 78.6 Å². The summed E-state index contributed by atoms with van der Waals surface area (Å²) < 4.78 is 0. The molecule has 0 aliphatic heterocycles. The normalized spacial score (nSPS) is 55.0. The van der Waals surface area contributed by atoms with E-state index in [4.69, 9.17) is 0 Å². The van der Waals surface area contributed by atoms with Crippen LogP contribution >= 0.6 is 0 Å². The Bertz CT molecular complexity index is 579. The first kappa shape index (κ1) is 17.8. The summed E-state index contributed by atoms with van der Waals surface area (Å²) in [5, 5.41) is 10.6. The Hall–Kier alpha value is -0.630. The highest BCUT2D eigenvalue weighted by molar-refractivity contribution is 5.92. The second-order valence-corrected chi connectivity index (χ2v) is 10.6. The summed E-state index contributed by atoms with van der Waals surface area (Å²) in [6, 6.07) is 0. The topological polar surface area (TPSA) is 37.3 Å². The quantitative estimate of drug-likeness (QED) is 0.703. The Labute approximate surface area is 153 Å². The zero-order valence-electron chi connectivity index (χ0n) is 16.4. The van der Waals surface area contributed by atoms with Crippen LogP contribution in [0.5, 0.6) is 0 Å². The fraction of sp³-hybridized carbons (Fsp3) is 0.870. The maximum absolute atomic E-state index is 12.5. The molecule has 1 N–H and O–H groups in total. The molecular formula is C23H36O2. The average molecular weight is 345 g/mol. The van der Waals surface area contributed by atoms with Crippen LogP contribution in [0.15, 0.2) is 12.7 Å². The molecule has 0 aromatic rings. The van der Waals surface area contributed by atoms with E-state index in [9.17, 15) is 9.90 Å². The van der Waals surface area contributed by atoms with Crippen LogP contribution in [-0.4, -0.2) is 16.5 Å². The number of carbonyl (C=O) groups is 1. The summed E-state index contributed by atoms with van der Waals surface area (Å²) in [6.45, 7) is 10.7. The molecule has 0 spiro atoms. The molecule has 4 rings (SSSR count). The van der Waals surface area contributed by atoms with Crippen LogP contribution in [-0.2, 0) is 4.79 Å². The van der Waals surface area contributed by atoms with Crippen LogP contribution in [0.4, 0.5) is 0 Å². The zero-order chi connectivity index (χ0) is 18.0. The molecule has 8 atom stereocenters. The van der Waals surface area contributed by atoms with Crippen molar-refractivity contribution in [2.75, 3.05) is 0 Å². The first-order chi connectivity index (χ1) is 11.7. The number of aliphatic hydroxyl groups is 1. The van der Waals surface area contributed by atoms with Gasteiger partial charge in [0, 0.05) is 5.92 Å². The third-order valence-corrected chi connectivity index (χ3v) is 9.50. The molecule has 4 fully saturated rings. The Morgan fingerprint density at radius 2 is 1.68 bits per heavy atom. The minimum absolute atomic E-state index is 0.204. The van der Waals surface area contributed by atoms with Gasteiger partial charge >= 0.3 is 0 Å². The van der Waals surface area contributed by atoms with Gasteiger partial charge in [0.15, 0.2) is 5.78 Å². The fourth-order valence-electron chi connectivity index (χ4n) is 8.04. The molecule has 0 heterocycles. The van der Waals surface area contributed by atoms with Gasteiger partial charge in [-0.2, -0.15) is 0 Å². The first-order valence-corrected chi connectivity index (χ1v) is 10.6. The first-order valence-electron chi connectivity index (χ1n) is 10.6. The van der Waals surface area contributed by atoms with Gasteiger partial charge in [0.05, 0.1) is 5.60 Å². The van der Waals surface area contributed by atoms with E-state index < -0.39 is 5.60 Å². The summed E-state index contributed by atoms with van der Waals surface area (Å²) in [5.74, 6) is 3.52. The number of hydrogen-bond donors (Lipinski definition) is 1. The number of ketones is 1. The summed E-state index contributed by atoms with van der Waals surface area (Å²) in [4.78, 5) is 12.5. The third-order valence-electron chi connectivity index (χ3n) is 9.50. The summed E-state index contributed by atoms with van der Waals surface area (Å²) in [7, 11) is 0. The van der Waals surface area contributed by atoms with Crippen LogP contribution in [0.25, 0.3) is 0 Å². The molecule has 4 aliphatic rings. The fourth-order valence-corrected chi connectivity index (χ4v) is 8.04. The van der Waals surface area contributed by atoms with Crippen molar-refractivity contribution in [3.05, 3.63) is 12.7 Å². The summed E-state index contributed by atoms with van der Waals surface area (Å²) in [6.07, 6.45) is 12.1. The summed E-state index contributed by atoms with van der Waals surface area (Å²) >= 11 is 0. The molecule has 4 saturated carbocycles. The molecule has 0 aromatic heterocycles. The lowest BCUT2D eigenvalue weighted by molar-refractivity contribution is -0.149. The van der Waals surface area contributed by atoms with E-state index in [0.29, 0.717) is 11.3 Å². The highest BCUT2D eigenvalue weighted by Gasteiger charge is 2.61. The van der Waals surface area contributed by atoms with E-state index in [2.05, 4.69) is 20.4 Å². The van der Waals surface area contributed by atoms with E-state index in [1.165, 1.54) is 38.5 Å². The van der Waals surface area contributed by atoms with Crippen LogP contribution < -0.4 is 0 Å². The molecule has 0 saturated heterocycles. The Morgan fingerprint density at radius 3 is 2.40 bits per heavy atom. The second kappa shape index (κ2) is 5.68. The molecule has 4 aliphatic carbocycles. The average Bonchev–Trinajstić information content (AvgIpc) is 2.92. The third kappa shape index (κ3) is 2.50. The molecule has 0 amide bonds. The minimum atomic E-state index is -0.449. The molecule has 0 radical (unpaired) electrons. The minimum Gasteiger partial charge on any atom is -0.390 e. The Morgan fingerprint density at radius 1 is 0.960 bits per heavy atom. The van der Waals surface area contributed by atoms with Crippen molar-refractivity contribution in [1.29, 1.82) is 0 Å². The molecule has 0 bridgehead atoms. The molecule has 140 valence electrons. The lowest BCUT2D eigenvalue weighted by Crippen LogP contribution is -2.55. The van der Waals surface area contributed by atoms with Crippen LogP contribution in [0.2, 0.25) is 0 Å². The number of hydrogen-bond acceptors (Lipinski definition) is 2. The molecule has 25 heavy (non-hydrogen) atoms. The van der Waals surface area contributed by atoms with Crippen molar-refractivity contribution in [3.63, 3.8) is 0 Å². The highest BCUT2D eigenvalue weighted by atomic mass is 16.3. The maximum Gasteiger partial charge on any atom is 0.158 e. The van der Waals surface area contributed by atoms with Gasteiger partial charge in [0.1, 0.15) is 0 Å². The van der Waals surface area contributed by atoms with Gasteiger partial charge in [-0.3, -0.25) is 4.79 Å². The van der Waals surface area contributed by atoms with Gasteiger partial charge in [0.2, 0.25) is 0 Å². The van der Waals surface area contributed by atoms with Crippen molar-refractivity contribution in [2.24, 2.45) is 40.4 Å². The van der Waals surface area contributed by atoms with Gasteiger partial charge < -0.3 is 5.11 Å². The lowest BCUT2D eigenvalue weighted by atomic mass is 9.44. The number of fused-ring (bicyclic) bond motifs is 5. The van der Waals surface area contributed by atoms with Crippen LogP contribution in [0.3, 0.4) is 0 Å². The van der Waals surface area contributed by atoms with Crippen molar-refractivity contribution in [1.82, 2.24) is 0 Å². The van der Waals surface area contributed by atoms with E-state index in [0.717, 1.165) is 37.0 Å². The van der Waals surface area contributed by atoms with Gasteiger partial charge in [-0.15, -0.1) is 0 Å². The number of carbonyl (C=O) groups excluding carboxylic acids is 1. The highest BCUT2D eigenvalue weighted by Crippen LogP contribution is 2.68. The van der Waals surface area contributed by atoms with Crippen LogP contribution in [0, 0.1) is 40.4 Å². The van der Waals surface area contributed by atoms with Crippen molar-refractivity contribution in [2.45, 2.75) is 84.2 Å². The predicted molar refractivity (Wildman–Crippen MR) is 101 cm³/mol. The van der Waals surface area contributed by atoms with Gasteiger partial charge in [-0.1, -0.05) is 20.4 Å². The van der Waals surface area contributed by atoms with Gasteiger partial charge in [0.25, 0.3) is 0 Å². The van der Waals surface area contributed by atoms with Crippen molar-refractivity contribution in [3.8, 4) is 0 Å². The van der Waals surface area contributed by atoms with E-state index in [-0.39, 0.29) is 17.1 Å². The zero-order valence-corrected chi connectivity index (χ0v) is 16.4. The second-order valence-electron chi connectivity index (χ2n) is 10.6. The lowest BCUT2D eigenvalue weighted by Gasteiger charge is -2.61. The SMILES string of the molecule is C=CC(=O)[C@H]1CC[C@H]2[C@@H]3CCC4CC(C)(O)CC[C@]4(C)[C@H]3CC[C@]12C. The monoisotopic (exact) mass is 344 g/mol. The van der Waals surface area contributed by atoms with Gasteiger partial charge in [-0.05, 0) is 105 Å². The number of allylic oxidation sites excluding steroid dienone is 1. The van der Waals surface area contributed by atoms with Crippen molar-refractivity contribution >= 4 is 5.78 Å². The molecule has 2 nitrogen and oxygen atoms in total. The largest absolute Gasteiger partial charge is 0.390 e. The number of rotatable bonds is 2. The van der Waals surface area contributed by atoms with Gasteiger partial charge in [-0.25, -0.2) is 0 Å². The maximum atomic E-state index is 12.5. The van der Waals surface area contributed by atoms with E-state index in [1.807, 2.05) is 6.92 Å². The van der Waals surface area contributed by atoms with E-state index >= 15 is 0 Å². The Kier molecular flexibility index (Phi) is 4.04. The van der Waals surface area contributed by atoms with Crippen molar-refractivity contribution < 1.29 is 9.90 Å². The molecular weight excluding hydrogens is 308 g/mol.